The minimum absolute atomic E-state index is 0.105. The predicted molar refractivity (Wildman–Crippen MR) is 62.6 cm³/mol. The lowest BCUT2D eigenvalue weighted by molar-refractivity contribution is -0.148. The van der Waals surface area contributed by atoms with Crippen LogP contribution in [0.15, 0.2) is 12.1 Å². The summed E-state index contributed by atoms with van der Waals surface area (Å²) in [6.07, 6.45) is -2.32. The number of nitrogens with two attached hydrogens (primary N) is 1. The molecule has 108 valence electrons. The Labute approximate surface area is 108 Å². The van der Waals surface area contributed by atoms with Gasteiger partial charge in [-0.05, 0) is 18.1 Å². The van der Waals surface area contributed by atoms with Gasteiger partial charge in [-0.25, -0.2) is 13.8 Å². The molecule has 2 N–H and O–H groups in total. The Morgan fingerprint density at radius 3 is 2.58 bits per heavy atom. The standard InChI is InChI=1S/C12H16F4N2O/c1-2-3-9-4-8(6-17)5-10(18-9)19-7-12(15,16)11(13)14/h4-5,11H,2-3,6-7,17H2,1H3. The van der Waals surface area contributed by atoms with Gasteiger partial charge in [0, 0.05) is 18.3 Å². The van der Waals surface area contributed by atoms with Gasteiger partial charge in [-0.15, -0.1) is 0 Å². The molecule has 0 spiro atoms. The third-order valence-electron chi connectivity index (χ3n) is 2.39. The van der Waals surface area contributed by atoms with E-state index >= 15 is 0 Å². The second kappa shape index (κ2) is 6.70. The highest BCUT2D eigenvalue weighted by Gasteiger charge is 2.41. The summed E-state index contributed by atoms with van der Waals surface area (Å²) >= 11 is 0. The molecule has 7 heteroatoms. The van der Waals surface area contributed by atoms with Crippen molar-refractivity contribution in [3.63, 3.8) is 0 Å². The Hall–Kier alpha value is -1.37. The van der Waals surface area contributed by atoms with Gasteiger partial charge in [0.2, 0.25) is 5.88 Å². The Morgan fingerprint density at radius 2 is 2.05 bits per heavy atom. The van der Waals surface area contributed by atoms with Gasteiger partial charge in [0.25, 0.3) is 0 Å². The highest BCUT2D eigenvalue weighted by Crippen LogP contribution is 2.24. The number of aryl methyl sites for hydroxylation is 1. The van der Waals surface area contributed by atoms with Gasteiger partial charge in [-0.1, -0.05) is 13.3 Å². The van der Waals surface area contributed by atoms with E-state index in [2.05, 4.69) is 9.72 Å². The van der Waals surface area contributed by atoms with Crippen LogP contribution in [0.3, 0.4) is 0 Å². The Kier molecular flexibility index (Phi) is 5.53. The summed E-state index contributed by atoms with van der Waals surface area (Å²) < 4.78 is 54.1. The molecule has 0 fully saturated rings. The van der Waals surface area contributed by atoms with Crippen LogP contribution >= 0.6 is 0 Å². The van der Waals surface area contributed by atoms with Gasteiger partial charge in [-0.3, -0.25) is 0 Å². The summed E-state index contributed by atoms with van der Waals surface area (Å²) in [5, 5.41) is 0. The maximum atomic E-state index is 12.7. The third kappa shape index (κ3) is 4.66. The molecule has 0 bridgehead atoms. The molecule has 1 aromatic heterocycles. The molecule has 0 saturated heterocycles. The molecule has 0 aromatic carbocycles. The van der Waals surface area contributed by atoms with Crippen LogP contribution in [0.5, 0.6) is 5.88 Å². The van der Waals surface area contributed by atoms with E-state index in [0.29, 0.717) is 17.7 Å². The van der Waals surface area contributed by atoms with Crippen LogP contribution in [-0.2, 0) is 13.0 Å². The monoisotopic (exact) mass is 280 g/mol. The normalized spacial score (nSPS) is 11.9. The van der Waals surface area contributed by atoms with E-state index in [4.69, 9.17) is 5.73 Å². The van der Waals surface area contributed by atoms with E-state index in [-0.39, 0.29) is 12.4 Å². The average molecular weight is 280 g/mol. The van der Waals surface area contributed by atoms with Crippen molar-refractivity contribution in [1.82, 2.24) is 4.98 Å². The molecule has 1 rings (SSSR count). The second-order valence-corrected chi connectivity index (χ2v) is 4.11. The zero-order chi connectivity index (χ0) is 14.5. The largest absolute Gasteiger partial charge is 0.471 e. The summed E-state index contributed by atoms with van der Waals surface area (Å²) in [6, 6.07) is 3.11. The van der Waals surface area contributed by atoms with E-state index in [1.54, 1.807) is 6.07 Å². The van der Waals surface area contributed by atoms with E-state index < -0.39 is 19.0 Å². The van der Waals surface area contributed by atoms with Crippen LogP contribution in [-0.4, -0.2) is 23.9 Å². The SMILES string of the molecule is CCCc1cc(CN)cc(OCC(F)(F)C(F)F)n1. The van der Waals surface area contributed by atoms with E-state index in [0.717, 1.165) is 6.42 Å². The number of rotatable bonds is 7. The first-order valence-corrected chi connectivity index (χ1v) is 5.87. The van der Waals surface area contributed by atoms with Crippen molar-refractivity contribution in [2.24, 2.45) is 5.73 Å². The number of alkyl halides is 4. The number of halogens is 4. The summed E-state index contributed by atoms with van der Waals surface area (Å²) in [4.78, 5) is 3.98. The molecule has 19 heavy (non-hydrogen) atoms. The van der Waals surface area contributed by atoms with Crippen LogP contribution < -0.4 is 10.5 Å². The minimum atomic E-state index is -4.19. The Balaban J connectivity index is 2.80. The molecular weight excluding hydrogens is 264 g/mol. The lowest BCUT2D eigenvalue weighted by atomic mass is 10.1. The average Bonchev–Trinajstić information content (AvgIpc) is 2.36. The molecular formula is C12H16F4N2O. The molecule has 0 saturated carbocycles. The zero-order valence-electron chi connectivity index (χ0n) is 10.5. The summed E-state index contributed by atoms with van der Waals surface area (Å²) in [6.45, 7) is 0.723. The highest BCUT2D eigenvalue weighted by molar-refractivity contribution is 5.25. The number of nitrogens with zero attached hydrogens (tertiary/aromatic N) is 1. The van der Waals surface area contributed by atoms with Crippen LogP contribution in [0, 0.1) is 0 Å². The molecule has 0 radical (unpaired) electrons. The molecule has 0 atom stereocenters. The lowest BCUT2D eigenvalue weighted by Crippen LogP contribution is -2.34. The van der Waals surface area contributed by atoms with Crippen molar-refractivity contribution >= 4 is 0 Å². The predicted octanol–water partition coefficient (Wildman–Crippen LogP) is 2.77. The van der Waals surface area contributed by atoms with Crippen molar-refractivity contribution in [1.29, 1.82) is 0 Å². The van der Waals surface area contributed by atoms with E-state index in [9.17, 15) is 17.6 Å². The number of ether oxygens (including phenoxy) is 1. The van der Waals surface area contributed by atoms with Crippen molar-refractivity contribution < 1.29 is 22.3 Å². The maximum Gasteiger partial charge on any atom is 0.340 e. The summed E-state index contributed by atoms with van der Waals surface area (Å²) in [7, 11) is 0. The Bertz CT molecular complexity index is 413. The first-order chi connectivity index (χ1) is 8.89. The minimum Gasteiger partial charge on any atom is -0.471 e. The van der Waals surface area contributed by atoms with Gasteiger partial charge in [0.15, 0.2) is 6.61 Å². The summed E-state index contributed by atoms with van der Waals surface area (Å²) in [5.41, 5.74) is 6.76. The Morgan fingerprint density at radius 1 is 1.37 bits per heavy atom. The number of hydrogen-bond acceptors (Lipinski definition) is 3. The fourth-order valence-corrected chi connectivity index (χ4v) is 1.43. The lowest BCUT2D eigenvalue weighted by Gasteiger charge is -2.16. The quantitative estimate of drug-likeness (QED) is 0.781. The van der Waals surface area contributed by atoms with Gasteiger partial charge >= 0.3 is 12.3 Å². The molecule has 1 heterocycles. The van der Waals surface area contributed by atoms with Crippen molar-refractivity contribution in [3.05, 3.63) is 23.4 Å². The van der Waals surface area contributed by atoms with Crippen molar-refractivity contribution in [2.45, 2.75) is 38.7 Å². The molecule has 0 aliphatic rings. The van der Waals surface area contributed by atoms with Gasteiger partial charge < -0.3 is 10.5 Å². The topological polar surface area (TPSA) is 48.1 Å². The smallest absolute Gasteiger partial charge is 0.340 e. The fraction of sp³-hybridized carbons (Fsp3) is 0.583. The van der Waals surface area contributed by atoms with Crippen LogP contribution in [0.2, 0.25) is 0 Å². The van der Waals surface area contributed by atoms with Crippen LogP contribution in [0.4, 0.5) is 17.6 Å². The molecule has 1 aromatic rings. The van der Waals surface area contributed by atoms with Gasteiger partial charge in [-0.2, -0.15) is 8.78 Å². The highest BCUT2D eigenvalue weighted by atomic mass is 19.3. The second-order valence-electron chi connectivity index (χ2n) is 4.11. The van der Waals surface area contributed by atoms with Crippen molar-refractivity contribution in [2.75, 3.05) is 6.61 Å². The first-order valence-electron chi connectivity index (χ1n) is 5.87. The fourth-order valence-electron chi connectivity index (χ4n) is 1.43. The van der Waals surface area contributed by atoms with Crippen LogP contribution in [0.25, 0.3) is 0 Å². The maximum absolute atomic E-state index is 12.7. The van der Waals surface area contributed by atoms with Gasteiger partial charge in [0.1, 0.15) is 0 Å². The third-order valence-corrected chi connectivity index (χ3v) is 2.39. The zero-order valence-corrected chi connectivity index (χ0v) is 10.5. The molecule has 3 nitrogen and oxygen atoms in total. The molecule has 0 aliphatic heterocycles. The molecule has 0 aliphatic carbocycles. The summed E-state index contributed by atoms with van der Waals surface area (Å²) in [5.74, 6) is -4.29. The number of pyridine rings is 1. The first kappa shape index (κ1) is 15.7. The molecule has 0 amide bonds. The van der Waals surface area contributed by atoms with Crippen molar-refractivity contribution in [3.8, 4) is 5.88 Å². The molecule has 0 unspecified atom stereocenters. The van der Waals surface area contributed by atoms with E-state index in [1.165, 1.54) is 6.07 Å². The number of aromatic nitrogens is 1. The van der Waals surface area contributed by atoms with Crippen LogP contribution in [0.1, 0.15) is 24.6 Å². The van der Waals surface area contributed by atoms with E-state index in [1.807, 2.05) is 6.92 Å². The van der Waals surface area contributed by atoms with Gasteiger partial charge in [0.05, 0.1) is 0 Å². The number of hydrogen-bond donors (Lipinski definition) is 1.